The Kier molecular flexibility index (Phi) is 4.88. The fraction of sp³-hybridized carbons (Fsp3) is 0.375. The van der Waals surface area contributed by atoms with Crippen LogP contribution in [0.5, 0.6) is 5.75 Å². The summed E-state index contributed by atoms with van der Waals surface area (Å²) in [5.41, 5.74) is 0.660. The van der Waals surface area contributed by atoms with Gasteiger partial charge in [0.2, 0.25) is 5.91 Å². The standard InChI is InChI=1S/C16H18BrN3O4S/c1-10(2)6-20-7-15(18-9-20)25(22,23)19-16(21)13-8-24-14-4-3-11(17)5-12(13)14/h3-5,7,9-10,13H,6,8H2,1-2H3,(H,19,21)/t13-/m0/s1. The summed E-state index contributed by atoms with van der Waals surface area (Å²) in [6.45, 7) is 4.79. The van der Waals surface area contributed by atoms with Crippen LogP contribution in [0, 0.1) is 5.92 Å². The molecule has 0 aliphatic carbocycles. The first kappa shape index (κ1) is 17.9. The number of sulfonamides is 1. The van der Waals surface area contributed by atoms with Crippen molar-refractivity contribution < 1.29 is 17.9 Å². The van der Waals surface area contributed by atoms with E-state index in [2.05, 4.69) is 25.6 Å². The van der Waals surface area contributed by atoms with Crippen LogP contribution in [0.25, 0.3) is 0 Å². The summed E-state index contributed by atoms with van der Waals surface area (Å²) in [6, 6.07) is 5.31. The number of carbonyl (C=O) groups excluding carboxylic acids is 1. The third kappa shape index (κ3) is 3.87. The largest absolute Gasteiger partial charge is 0.492 e. The summed E-state index contributed by atoms with van der Waals surface area (Å²) >= 11 is 3.34. The average molecular weight is 428 g/mol. The number of amides is 1. The number of halogens is 1. The van der Waals surface area contributed by atoms with Gasteiger partial charge in [0.15, 0.2) is 5.03 Å². The molecule has 0 spiro atoms. The lowest BCUT2D eigenvalue weighted by atomic mass is 10.0. The van der Waals surface area contributed by atoms with E-state index in [1.54, 1.807) is 22.8 Å². The van der Waals surface area contributed by atoms with Crippen LogP contribution < -0.4 is 9.46 Å². The van der Waals surface area contributed by atoms with Crippen molar-refractivity contribution in [1.29, 1.82) is 0 Å². The minimum Gasteiger partial charge on any atom is -0.492 e. The molecule has 1 aromatic carbocycles. The quantitative estimate of drug-likeness (QED) is 0.789. The lowest BCUT2D eigenvalue weighted by molar-refractivity contribution is -0.120. The second-order valence-corrected chi connectivity index (χ2v) is 8.86. The first-order valence-corrected chi connectivity index (χ1v) is 10.0. The van der Waals surface area contributed by atoms with Crippen LogP contribution in [-0.4, -0.2) is 30.5 Å². The van der Waals surface area contributed by atoms with Gasteiger partial charge in [-0.1, -0.05) is 29.8 Å². The monoisotopic (exact) mass is 427 g/mol. The number of hydrogen-bond donors (Lipinski definition) is 1. The van der Waals surface area contributed by atoms with E-state index in [1.807, 2.05) is 13.8 Å². The van der Waals surface area contributed by atoms with Crippen LogP contribution in [-0.2, 0) is 21.4 Å². The predicted octanol–water partition coefficient (Wildman–Crippen LogP) is 2.28. The molecule has 1 aliphatic heterocycles. The zero-order valence-corrected chi connectivity index (χ0v) is 16.2. The first-order chi connectivity index (χ1) is 11.8. The first-order valence-electron chi connectivity index (χ1n) is 7.77. The molecular formula is C16H18BrN3O4S. The van der Waals surface area contributed by atoms with Crippen molar-refractivity contribution in [2.75, 3.05) is 6.61 Å². The smallest absolute Gasteiger partial charge is 0.283 e. The molecule has 2 aromatic rings. The average Bonchev–Trinajstić information content (AvgIpc) is 3.12. The third-order valence-electron chi connectivity index (χ3n) is 3.77. The zero-order chi connectivity index (χ0) is 18.2. The molecule has 1 N–H and O–H groups in total. The Bertz CT molecular complexity index is 908. The molecule has 2 heterocycles. The van der Waals surface area contributed by atoms with E-state index >= 15 is 0 Å². The predicted molar refractivity (Wildman–Crippen MR) is 94.8 cm³/mol. The molecule has 0 saturated carbocycles. The van der Waals surface area contributed by atoms with Gasteiger partial charge in [0.25, 0.3) is 10.0 Å². The van der Waals surface area contributed by atoms with Crippen LogP contribution in [0.2, 0.25) is 0 Å². The van der Waals surface area contributed by atoms with Crippen LogP contribution in [0.3, 0.4) is 0 Å². The topological polar surface area (TPSA) is 90.3 Å². The molecule has 134 valence electrons. The second-order valence-electron chi connectivity index (χ2n) is 6.32. The molecule has 1 atom stereocenters. The molecule has 0 unspecified atom stereocenters. The fourth-order valence-electron chi connectivity index (χ4n) is 2.66. The molecule has 0 bridgehead atoms. The highest BCUT2D eigenvalue weighted by molar-refractivity contribution is 9.10. The molecule has 9 heteroatoms. The van der Waals surface area contributed by atoms with E-state index in [-0.39, 0.29) is 11.6 Å². The maximum atomic E-state index is 12.5. The lowest BCUT2D eigenvalue weighted by Crippen LogP contribution is -2.35. The Balaban J connectivity index is 1.77. The van der Waals surface area contributed by atoms with Gasteiger partial charge in [0.05, 0.1) is 6.33 Å². The van der Waals surface area contributed by atoms with Gasteiger partial charge in [-0.15, -0.1) is 0 Å². The summed E-state index contributed by atoms with van der Waals surface area (Å²) in [6.07, 6.45) is 2.87. The number of carbonyl (C=O) groups is 1. The molecule has 25 heavy (non-hydrogen) atoms. The van der Waals surface area contributed by atoms with E-state index in [4.69, 9.17) is 4.74 Å². The van der Waals surface area contributed by atoms with E-state index in [1.165, 1.54) is 12.5 Å². The highest BCUT2D eigenvalue weighted by Crippen LogP contribution is 2.36. The normalized spacial score (nSPS) is 16.6. The van der Waals surface area contributed by atoms with Crippen molar-refractivity contribution in [2.24, 2.45) is 5.92 Å². The Morgan fingerprint density at radius 3 is 2.96 bits per heavy atom. The third-order valence-corrected chi connectivity index (χ3v) is 5.49. The Hall–Kier alpha value is -1.87. The van der Waals surface area contributed by atoms with Crippen LogP contribution in [0.15, 0.2) is 40.2 Å². The van der Waals surface area contributed by atoms with Crippen molar-refractivity contribution in [1.82, 2.24) is 14.3 Å². The highest BCUT2D eigenvalue weighted by Gasteiger charge is 2.33. The van der Waals surface area contributed by atoms with Crippen molar-refractivity contribution in [3.8, 4) is 5.75 Å². The second kappa shape index (κ2) is 6.80. The van der Waals surface area contributed by atoms with Crippen molar-refractivity contribution >= 4 is 31.9 Å². The maximum absolute atomic E-state index is 12.5. The van der Waals surface area contributed by atoms with Crippen molar-refractivity contribution in [3.05, 3.63) is 40.8 Å². The molecule has 7 nitrogen and oxygen atoms in total. The van der Waals surface area contributed by atoms with Crippen LogP contribution in [0.4, 0.5) is 0 Å². The zero-order valence-electron chi connectivity index (χ0n) is 13.8. The summed E-state index contributed by atoms with van der Waals surface area (Å²) in [7, 11) is -4.02. The van der Waals surface area contributed by atoms with Gasteiger partial charge in [-0.05, 0) is 24.1 Å². The number of rotatable bonds is 5. The van der Waals surface area contributed by atoms with Gasteiger partial charge < -0.3 is 9.30 Å². The molecule has 0 radical (unpaired) electrons. The van der Waals surface area contributed by atoms with E-state index in [0.29, 0.717) is 23.8 Å². The van der Waals surface area contributed by atoms with Gasteiger partial charge in [0, 0.05) is 22.8 Å². The molecule has 1 aliphatic rings. The summed E-state index contributed by atoms with van der Waals surface area (Å²) < 4.78 is 34.9. The molecule has 0 fully saturated rings. The van der Waals surface area contributed by atoms with E-state index in [9.17, 15) is 13.2 Å². The minimum absolute atomic E-state index is 0.106. The van der Waals surface area contributed by atoms with E-state index in [0.717, 1.165) is 4.47 Å². The van der Waals surface area contributed by atoms with Crippen molar-refractivity contribution in [2.45, 2.75) is 31.3 Å². The van der Waals surface area contributed by atoms with E-state index < -0.39 is 21.8 Å². The number of aromatic nitrogens is 2. The summed E-state index contributed by atoms with van der Waals surface area (Å²) in [5, 5.41) is -0.171. The molecule has 1 amide bonds. The summed E-state index contributed by atoms with van der Waals surface area (Å²) in [4.78, 5) is 16.4. The number of hydrogen-bond acceptors (Lipinski definition) is 5. The number of benzene rings is 1. The van der Waals surface area contributed by atoms with Gasteiger partial charge >= 0.3 is 0 Å². The van der Waals surface area contributed by atoms with Gasteiger partial charge in [-0.3, -0.25) is 4.79 Å². The van der Waals surface area contributed by atoms with Crippen LogP contribution in [0.1, 0.15) is 25.3 Å². The number of imidazole rings is 1. The molecular weight excluding hydrogens is 410 g/mol. The summed E-state index contributed by atoms with van der Waals surface area (Å²) in [5.74, 6) is -0.373. The Morgan fingerprint density at radius 1 is 1.48 bits per heavy atom. The Morgan fingerprint density at radius 2 is 2.24 bits per heavy atom. The highest BCUT2D eigenvalue weighted by atomic mass is 79.9. The molecule has 0 saturated heterocycles. The SMILES string of the molecule is CC(C)Cn1cnc(S(=O)(=O)NC(=O)[C@H]2COc3ccc(Br)cc32)c1. The lowest BCUT2D eigenvalue weighted by Gasteiger charge is -2.10. The number of ether oxygens (including phenoxy) is 1. The van der Waals surface area contributed by atoms with Crippen molar-refractivity contribution in [3.63, 3.8) is 0 Å². The number of fused-ring (bicyclic) bond motifs is 1. The molecule has 1 aromatic heterocycles. The molecule has 3 rings (SSSR count). The maximum Gasteiger partial charge on any atom is 0.283 e. The fourth-order valence-corrected chi connectivity index (χ4v) is 4.01. The Labute approximate surface area is 154 Å². The van der Waals surface area contributed by atoms with Gasteiger partial charge in [0.1, 0.15) is 18.3 Å². The van der Waals surface area contributed by atoms with Crippen LogP contribution >= 0.6 is 15.9 Å². The number of nitrogens with zero attached hydrogens (tertiary/aromatic N) is 2. The van der Waals surface area contributed by atoms with Gasteiger partial charge in [-0.25, -0.2) is 9.71 Å². The minimum atomic E-state index is -4.02. The van der Waals surface area contributed by atoms with Gasteiger partial charge in [-0.2, -0.15) is 8.42 Å². The number of nitrogens with one attached hydrogen (secondary N) is 1.